The van der Waals surface area contributed by atoms with Crippen LogP contribution in [0.5, 0.6) is 5.75 Å². The number of pyridine rings is 1. The van der Waals surface area contributed by atoms with E-state index in [4.69, 9.17) is 4.74 Å². The summed E-state index contributed by atoms with van der Waals surface area (Å²) in [5.74, 6) is 1.25. The number of carbonyl (C=O) groups excluding carboxylic acids is 1. The van der Waals surface area contributed by atoms with E-state index >= 15 is 0 Å². The zero-order valence-electron chi connectivity index (χ0n) is 16.5. The molecule has 0 atom stereocenters. The number of rotatable bonds is 7. The summed E-state index contributed by atoms with van der Waals surface area (Å²) in [6, 6.07) is 17.3. The number of nitrogens with zero attached hydrogens (tertiary/aromatic N) is 1. The molecule has 1 heterocycles. The van der Waals surface area contributed by atoms with E-state index in [2.05, 4.69) is 47.7 Å². The molecule has 0 fully saturated rings. The van der Waals surface area contributed by atoms with E-state index in [1.54, 1.807) is 25.4 Å². The molecule has 3 rings (SSSR count). The fraction of sp³-hybridized carbons (Fsp3) is 0.217. The third-order valence-electron chi connectivity index (χ3n) is 4.65. The summed E-state index contributed by atoms with van der Waals surface area (Å²) in [4.78, 5) is 17.0. The van der Waals surface area contributed by atoms with Crippen LogP contribution in [0.15, 0.2) is 60.8 Å². The van der Waals surface area contributed by atoms with Crippen molar-refractivity contribution in [3.63, 3.8) is 0 Å². The Bertz CT molecular complexity index is 970. The quantitative estimate of drug-likeness (QED) is 0.632. The van der Waals surface area contributed by atoms with Gasteiger partial charge in [0.2, 0.25) is 0 Å². The van der Waals surface area contributed by atoms with Gasteiger partial charge in [-0.05, 0) is 42.7 Å². The van der Waals surface area contributed by atoms with Gasteiger partial charge in [0.15, 0.2) is 0 Å². The summed E-state index contributed by atoms with van der Waals surface area (Å²) >= 11 is 0. The van der Waals surface area contributed by atoms with Crippen molar-refractivity contribution >= 4 is 17.4 Å². The van der Waals surface area contributed by atoms with Gasteiger partial charge in [0, 0.05) is 29.6 Å². The first-order valence-electron chi connectivity index (χ1n) is 9.34. The Labute approximate surface area is 165 Å². The van der Waals surface area contributed by atoms with E-state index in [1.165, 1.54) is 5.56 Å². The number of methoxy groups -OCH3 is 1. The molecule has 0 bridgehead atoms. The second kappa shape index (κ2) is 9.04. The topological polar surface area (TPSA) is 63.2 Å². The van der Waals surface area contributed by atoms with Crippen LogP contribution >= 0.6 is 0 Å². The van der Waals surface area contributed by atoms with E-state index in [0.717, 1.165) is 29.0 Å². The van der Waals surface area contributed by atoms with E-state index in [0.29, 0.717) is 17.9 Å². The zero-order chi connectivity index (χ0) is 19.9. The summed E-state index contributed by atoms with van der Waals surface area (Å²) in [7, 11) is 1.62. The van der Waals surface area contributed by atoms with Crippen molar-refractivity contribution in [2.45, 2.75) is 26.8 Å². The fourth-order valence-corrected chi connectivity index (χ4v) is 3.10. The smallest absolute Gasteiger partial charge is 0.251 e. The summed E-state index contributed by atoms with van der Waals surface area (Å²) < 4.78 is 5.33. The van der Waals surface area contributed by atoms with E-state index in [9.17, 15) is 4.79 Å². The van der Waals surface area contributed by atoms with Gasteiger partial charge in [-0.2, -0.15) is 0 Å². The van der Waals surface area contributed by atoms with Crippen molar-refractivity contribution in [3.8, 4) is 5.75 Å². The number of aromatic nitrogens is 1. The number of anilines is 2. The molecule has 5 nitrogen and oxygen atoms in total. The normalized spacial score (nSPS) is 10.4. The molecule has 2 aromatic carbocycles. The lowest BCUT2D eigenvalue weighted by atomic mass is 10.1. The number of nitrogens with one attached hydrogen (secondary N) is 2. The monoisotopic (exact) mass is 375 g/mol. The third kappa shape index (κ3) is 4.49. The van der Waals surface area contributed by atoms with Crippen LogP contribution in [0.3, 0.4) is 0 Å². The number of benzene rings is 2. The zero-order valence-corrected chi connectivity index (χ0v) is 16.5. The summed E-state index contributed by atoms with van der Waals surface area (Å²) in [5, 5.41) is 6.31. The summed E-state index contributed by atoms with van der Waals surface area (Å²) in [6.45, 7) is 4.58. The van der Waals surface area contributed by atoms with Gasteiger partial charge in [0.25, 0.3) is 5.91 Å². The van der Waals surface area contributed by atoms with Crippen LogP contribution in [-0.2, 0) is 13.0 Å². The number of hydrogen-bond donors (Lipinski definition) is 2. The van der Waals surface area contributed by atoms with Gasteiger partial charge in [0.1, 0.15) is 11.6 Å². The highest BCUT2D eigenvalue weighted by Crippen LogP contribution is 2.25. The molecular formula is C23H25N3O2. The average Bonchev–Trinajstić information content (AvgIpc) is 2.73. The second-order valence-electron chi connectivity index (χ2n) is 6.51. The van der Waals surface area contributed by atoms with Gasteiger partial charge >= 0.3 is 0 Å². The van der Waals surface area contributed by atoms with Crippen molar-refractivity contribution in [1.29, 1.82) is 0 Å². The highest BCUT2D eigenvalue weighted by molar-refractivity contribution is 5.95. The number of para-hydroxylation sites is 2. The first-order chi connectivity index (χ1) is 13.6. The Balaban J connectivity index is 1.73. The molecule has 0 saturated carbocycles. The van der Waals surface area contributed by atoms with E-state index in [-0.39, 0.29) is 5.91 Å². The molecule has 0 aliphatic rings. The maximum Gasteiger partial charge on any atom is 0.251 e. The fourth-order valence-electron chi connectivity index (χ4n) is 3.10. The Morgan fingerprint density at radius 3 is 2.64 bits per heavy atom. The van der Waals surface area contributed by atoms with E-state index in [1.807, 2.05) is 24.3 Å². The largest absolute Gasteiger partial charge is 0.496 e. The molecular weight excluding hydrogens is 350 g/mol. The van der Waals surface area contributed by atoms with Crippen LogP contribution in [0.25, 0.3) is 0 Å². The number of amides is 1. The molecule has 0 saturated heterocycles. The van der Waals surface area contributed by atoms with Gasteiger partial charge in [-0.25, -0.2) is 4.98 Å². The molecule has 5 heteroatoms. The first-order valence-corrected chi connectivity index (χ1v) is 9.34. The molecule has 144 valence electrons. The van der Waals surface area contributed by atoms with Crippen LogP contribution in [0, 0.1) is 6.92 Å². The van der Waals surface area contributed by atoms with Gasteiger partial charge in [-0.1, -0.05) is 43.3 Å². The van der Waals surface area contributed by atoms with Crippen molar-refractivity contribution < 1.29 is 9.53 Å². The molecule has 28 heavy (non-hydrogen) atoms. The van der Waals surface area contributed by atoms with Crippen molar-refractivity contribution in [3.05, 3.63) is 83.0 Å². The number of carbonyl (C=O) groups is 1. The average molecular weight is 375 g/mol. The lowest BCUT2D eigenvalue weighted by molar-refractivity contribution is 0.0950. The molecule has 0 radical (unpaired) electrons. The van der Waals surface area contributed by atoms with Gasteiger partial charge in [-0.3, -0.25) is 4.79 Å². The molecule has 2 N–H and O–H groups in total. The first kappa shape index (κ1) is 19.4. The molecule has 0 aliphatic heterocycles. The Hall–Kier alpha value is -3.34. The van der Waals surface area contributed by atoms with Crippen LogP contribution in [-0.4, -0.2) is 18.0 Å². The number of hydrogen-bond acceptors (Lipinski definition) is 4. The van der Waals surface area contributed by atoms with Crippen molar-refractivity contribution in [2.75, 3.05) is 12.4 Å². The predicted octanol–water partition coefficient (Wildman–Crippen LogP) is 4.63. The van der Waals surface area contributed by atoms with Crippen LogP contribution in [0.4, 0.5) is 11.5 Å². The summed E-state index contributed by atoms with van der Waals surface area (Å²) in [5.41, 5.74) is 4.89. The maximum absolute atomic E-state index is 12.6. The number of ether oxygens (including phenoxy) is 1. The van der Waals surface area contributed by atoms with Crippen molar-refractivity contribution in [2.24, 2.45) is 0 Å². The van der Waals surface area contributed by atoms with Gasteiger partial charge < -0.3 is 15.4 Å². The standard InChI is InChI=1S/C23H25N3O2/c1-4-17-10-7-8-16(2)22(17)26-21-14-18(12-13-24-21)23(27)25-15-19-9-5-6-11-20(19)28-3/h5-14H,4,15H2,1-3H3,(H,24,26)(H,25,27). The third-order valence-corrected chi connectivity index (χ3v) is 4.65. The van der Waals surface area contributed by atoms with Gasteiger partial charge in [-0.15, -0.1) is 0 Å². The van der Waals surface area contributed by atoms with Crippen LogP contribution < -0.4 is 15.4 Å². The number of aryl methyl sites for hydroxylation is 2. The highest BCUT2D eigenvalue weighted by Gasteiger charge is 2.10. The lowest BCUT2D eigenvalue weighted by Gasteiger charge is -2.14. The minimum Gasteiger partial charge on any atom is -0.496 e. The second-order valence-corrected chi connectivity index (χ2v) is 6.51. The van der Waals surface area contributed by atoms with E-state index < -0.39 is 0 Å². The Morgan fingerprint density at radius 1 is 1.07 bits per heavy atom. The SMILES string of the molecule is CCc1cccc(C)c1Nc1cc(C(=O)NCc2ccccc2OC)ccn1. The maximum atomic E-state index is 12.6. The highest BCUT2D eigenvalue weighted by atomic mass is 16.5. The molecule has 1 amide bonds. The Kier molecular flexibility index (Phi) is 6.27. The molecule has 3 aromatic rings. The predicted molar refractivity (Wildman–Crippen MR) is 112 cm³/mol. The van der Waals surface area contributed by atoms with Crippen molar-refractivity contribution in [1.82, 2.24) is 10.3 Å². The minimum atomic E-state index is -0.156. The Morgan fingerprint density at radius 2 is 1.86 bits per heavy atom. The van der Waals surface area contributed by atoms with Crippen LogP contribution in [0.2, 0.25) is 0 Å². The minimum absolute atomic E-state index is 0.156. The van der Waals surface area contributed by atoms with Crippen LogP contribution in [0.1, 0.15) is 34.0 Å². The molecule has 0 spiro atoms. The molecule has 0 aliphatic carbocycles. The molecule has 0 unspecified atom stereocenters. The summed E-state index contributed by atoms with van der Waals surface area (Å²) in [6.07, 6.45) is 2.56. The lowest BCUT2D eigenvalue weighted by Crippen LogP contribution is -2.23. The molecule has 1 aromatic heterocycles. The van der Waals surface area contributed by atoms with Gasteiger partial charge in [0.05, 0.1) is 7.11 Å².